The Hall–Kier alpha value is -0.830. The van der Waals surface area contributed by atoms with Gasteiger partial charge in [-0.15, -0.1) is 0 Å². The van der Waals surface area contributed by atoms with Crippen LogP contribution >= 0.6 is 0 Å². The van der Waals surface area contributed by atoms with Gasteiger partial charge in [-0.05, 0) is 75.0 Å². The van der Waals surface area contributed by atoms with E-state index in [9.17, 15) is 9.90 Å². The summed E-state index contributed by atoms with van der Waals surface area (Å²) in [5, 5.41) is 12.0. The van der Waals surface area contributed by atoms with E-state index in [1.54, 1.807) is 0 Å². The number of fused-ring (bicyclic) bond motifs is 5. The average Bonchev–Trinajstić information content (AvgIpc) is 2.96. The van der Waals surface area contributed by atoms with E-state index in [1.807, 2.05) is 4.90 Å². The topological polar surface area (TPSA) is 40.5 Å². The average molecular weight is 388 g/mol. The van der Waals surface area contributed by atoms with Crippen LogP contribution in [-0.4, -0.2) is 28.1 Å². The van der Waals surface area contributed by atoms with Crippen LogP contribution in [0.1, 0.15) is 86.5 Å². The number of amides is 1. The molecule has 0 aromatic carbocycles. The first kappa shape index (κ1) is 20.4. The van der Waals surface area contributed by atoms with E-state index in [2.05, 4.69) is 47.6 Å². The summed E-state index contributed by atoms with van der Waals surface area (Å²) in [4.78, 5) is 14.6. The summed E-state index contributed by atoms with van der Waals surface area (Å²) in [7, 11) is 0. The third kappa shape index (κ3) is 2.60. The van der Waals surface area contributed by atoms with Gasteiger partial charge in [-0.3, -0.25) is 4.79 Å². The van der Waals surface area contributed by atoms with Gasteiger partial charge in [0.1, 0.15) is 0 Å². The molecule has 0 bridgehead atoms. The molecule has 4 unspecified atom stereocenters. The molecule has 1 N–H and O–H groups in total. The molecular weight excluding hydrogens is 346 g/mol. The van der Waals surface area contributed by atoms with Crippen molar-refractivity contribution in [1.82, 2.24) is 4.90 Å². The lowest BCUT2D eigenvalue weighted by atomic mass is 9.44. The van der Waals surface area contributed by atoms with Gasteiger partial charge < -0.3 is 10.0 Å². The van der Waals surface area contributed by atoms with Crippen LogP contribution in [0, 0.1) is 40.4 Å². The molecule has 158 valence electrons. The zero-order chi connectivity index (χ0) is 20.5. The number of carbonyl (C=O) groups excluding carboxylic acids is 1. The first-order chi connectivity index (χ1) is 13.1. The fourth-order valence-electron chi connectivity index (χ4n) is 8.84. The maximum atomic E-state index is 12.6. The summed E-state index contributed by atoms with van der Waals surface area (Å²) < 4.78 is 0. The van der Waals surface area contributed by atoms with Crippen LogP contribution in [0.25, 0.3) is 0 Å². The van der Waals surface area contributed by atoms with Crippen molar-refractivity contribution in [3.05, 3.63) is 11.8 Å². The van der Waals surface area contributed by atoms with Crippen molar-refractivity contribution < 1.29 is 9.90 Å². The van der Waals surface area contributed by atoms with Crippen LogP contribution in [-0.2, 0) is 4.79 Å². The van der Waals surface area contributed by atoms with Crippen LogP contribution in [0.2, 0.25) is 0 Å². The standard InChI is InChI=1S/C25H41NO2/c1-7-16(3)18-10-11-19-17-9-12-20-23(4,14-13-21(27)26(20)8-2)22(17)25(6,28)15-24(18,19)5/h12,16-19,22,28H,7-11,13-15H2,1-6H3/t16?,17?,18-,19?,22?,23+,24-,25+/m1/s1. The molecule has 3 nitrogen and oxygen atoms in total. The van der Waals surface area contributed by atoms with Crippen molar-refractivity contribution in [2.45, 2.75) is 92.1 Å². The predicted octanol–water partition coefficient (Wildman–Crippen LogP) is 5.39. The molecule has 0 radical (unpaired) electrons. The number of rotatable bonds is 3. The van der Waals surface area contributed by atoms with Gasteiger partial charge in [0.2, 0.25) is 5.91 Å². The molecule has 1 amide bonds. The number of piperidine rings is 1. The van der Waals surface area contributed by atoms with Gasteiger partial charge in [0.25, 0.3) is 0 Å². The smallest absolute Gasteiger partial charge is 0.226 e. The fraction of sp³-hybridized carbons (Fsp3) is 0.880. The second-order valence-corrected chi connectivity index (χ2v) is 11.2. The van der Waals surface area contributed by atoms with E-state index >= 15 is 0 Å². The first-order valence-corrected chi connectivity index (χ1v) is 11.8. The summed E-state index contributed by atoms with van der Waals surface area (Å²) in [5.74, 6) is 3.24. The number of carbonyl (C=O) groups is 1. The highest BCUT2D eigenvalue weighted by molar-refractivity contribution is 5.80. The maximum absolute atomic E-state index is 12.6. The van der Waals surface area contributed by atoms with E-state index in [-0.39, 0.29) is 22.7 Å². The normalized spacial score (nSPS) is 49.2. The van der Waals surface area contributed by atoms with Crippen molar-refractivity contribution in [1.29, 1.82) is 0 Å². The fourth-order valence-corrected chi connectivity index (χ4v) is 8.84. The Morgan fingerprint density at radius 2 is 1.96 bits per heavy atom. The van der Waals surface area contributed by atoms with Gasteiger partial charge in [0.05, 0.1) is 5.60 Å². The monoisotopic (exact) mass is 387 g/mol. The molecule has 28 heavy (non-hydrogen) atoms. The van der Waals surface area contributed by atoms with Gasteiger partial charge in [0.15, 0.2) is 0 Å². The minimum Gasteiger partial charge on any atom is -0.390 e. The molecule has 0 aromatic rings. The number of nitrogens with zero attached hydrogens (tertiary/aromatic N) is 1. The lowest BCUT2D eigenvalue weighted by molar-refractivity contribution is -0.187. The number of hydrogen-bond acceptors (Lipinski definition) is 2. The zero-order valence-corrected chi connectivity index (χ0v) is 18.9. The number of likely N-dealkylation sites (tertiary alicyclic amines) is 1. The van der Waals surface area contributed by atoms with E-state index in [1.165, 1.54) is 25.0 Å². The Labute approximate surface area is 172 Å². The van der Waals surface area contributed by atoms with E-state index in [4.69, 9.17) is 0 Å². The minimum absolute atomic E-state index is 0.0773. The molecule has 2 saturated carbocycles. The van der Waals surface area contributed by atoms with Crippen molar-refractivity contribution >= 4 is 5.91 Å². The van der Waals surface area contributed by atoms with Crippen LogP contribution < -0.4 is 0 Å². The number of aliphatic hydroxyl groups is 1. The van der Waals surface area contributed by atoms with Gasteiger partial charge in [-0.1, -0.05) is 40.2 Å². The molecule has 8 atom stereocenters. The highest BCUT2D eigenvalue weighted by Crippen LogP contribution is 2.69. The molecule has 3 fully saturated rings. The summed E-state index contributed by atoms with van der Waals surface area (Å²) in [6.07, 6.45) is 9.73. The molecule has 1 aliphatic heterocycles. The molecule has 0 aromatic heterocycles. The van der Waals surface area contributed by atoms with E-state index in [0.717, 1.165) is 37.6 Å². The van der Waals surface area contributed by atoms with E-state index < -0.39 is 5.60 Å². The van der Waals surface area contributed by atoms with Crippen LogP contribution in [0.4, 0.5) is 0 Å². The van der Waals surface area contributed by atoms with Gasteiger partial charge in [-0.2, -0.15) is 0 Å². The van der Waals surface area contributed by atoms with Gasteiger partial charge in [0, 0.05) is 30.0 Å². The minimum atomic E-state index is -0.667. The Bertz CT molecular complexity index is 682. The predicted molar refractivity (Wildman–Crippen MR) is 113 cm³/mol. The van der Waals surface area contributed by atoms with Crippen molar-refractivity contribution in [2.24, 2.45) is 40.4 Å². The summed E-state index contributed by atoms with van der Waals surface area (Å²) in [6, 6.07) is 0. The highest BCUT2D eigenvalue weighted by atomic mass is 16.3. The Morgan fingerprint density at radius 3 is 2.61 bits per heavy atom. The van der Waals surface area contributed by atoms with Gasteiger partial charge >= 0.3 is 0 Å². The maximum Gasteiger partial charge on any atom is 0.226 e. The van der Waals surface area contributed by atoms with Gasteiger partial charge in [-0.25, -0.2) is 0 Å². The summed E-state index contributed by atoms with van der Waals surface area (Å²) >= 11 is 0. The largest absolute Gasteiger partial charge is 0.390 e. The van der Waals surface area contributed by atoms with Crippen molar-refractivity contribution in [2.75, 3.05) is 6.54 Å². The molecule has 4 rings (SSSR count). The SMILES string of the molecule is CCC(C)[C@H]1CCC2C3CC=C4N(CC)C(=O)CC[C@]4(C)C3[C@@](C)(O)C[C@@]21C. The van der Waals surface area contributed by atoms with E-state index in [0.29, 0.717) is 18.3 Å². The second kappa shape index (κ2) is 6.59. The van der Waals surface area contributed by atoms with Crippen molar-refractivity contribution in [3.63, 3.8) is 0 Å². The van der Waals surface area contributed by atoms with Crippen LogP contribution in [0.5, 0.6) is 0 Å². The van der Waals surface area contributed by atoms with Crippen LogP contribution in [0.3, 0.4) is 0 Å². The Kier molecular flexibility index (Phi) is 4.81. The second-order valence-electron chi connectivity index (χ2n) is 11.2. The Balaban J connectivity index is 1.77. The van der Waals surface area contributed by atoms with Crippen LogP contribution in [0.15, 0.2) is 11.8 Å². The molecular formula is C25H41NO2. The molecule has 1 saturated heterocycles. The lowest BCUT2D eigenvalue weighted by Crippen LogP contribution is -2.63. The first-order valence-electron chi connectivity index (χ1n) is 11.8. The number of hydrogen-bond donors (Lipinski definition) is 1. The third-order valence-corrected chi connectivity index (χ3v) is 9.79. The zero-order valence-electron chi connectivity index (χ0n) is 18.9. The van der Waals surface area contributed by atoms with Crippen molar-refractivity contribution in [3.8, 4) is 0 Å². The number of allylic oxidation sites excluding steroid dienone is 2. The molecule has 1 heterocycles. The lowest BCUT2D eigenvalue weighted by Gasteiger charge is -2.63. The third-order valence-electron chi connectivity index (χ3n) is 9.79. The molecule has 0 spiro atoms. The summed E-state index contributed by atoms with van der Waals surface area (Å²) in [5.41, 5.74) is 0.718. The Morgan fingerprint density at radius 1 is 1.25 bits per heavy atom. The quantitative estimate of drug-likeness (QED) is 0.705. The molecule has 3 aliphatic carbocycles. The highest BCUT2D eigenvalue weighted by Gasteiger charge is 2.66. The summed E-state index contributed by atoms with van der Waals surface area (Å²) in [6.45, 7) is 14.5. The molecule has 4 aliphatic rings. The molecule has 3 heteroatoms.